The van der Waals surface area contributed by atoms with Crippen molar-refractivity contribution in [3.05, 3.63) is 41.1 Å². The van der Waals surface area contributed by atoms with E-state index >= 15 is 0 Å². The number of amides is 2. The summed E-state index contributed by atoms with van der Waals surface area (Å²) < 4.78 is 0. The zero-order chi connectivity index (χ0) is 14.0. The quantitative estimate of drug-likeness (QED) is 0.791. The molecule has 0 saturated carbocycles. The SMILES string of the molecule is Cc1ccc(NC2=CC(=O)N(CCO)C2=O)c(C)c1. The molecule has 5 nitrogen and oxygen atoms in total. The summed E-state index contributed by atoms with van der Waals surface area (Å²) in [7, 11) is 0. The average Bonchev–Trinajstić information content (AvgIpc) is 2.61. The lowest BCUT2D eigenvalue weighted by Crippen LogP contribution is -2.34. The first-order valence-corrected chi connectivity index (χ1v) is 6.05. The summed E-state index contributed by atoms with van der Waals surface area (Å²) in [5.41, 5.74) is 3.17. The summed E-state index contributed by atoms with van der Waals surface area (Å²) in [6, 6.07) is 5.80. The fourth-order valence-electron chi connectivity index (χ4n) is 2.01. The summed E-state index contributed by atoms with van der Waals surface area (Å²) in [4.78, 5) is 24.6. The molecule has 0 spiro atoms. The largest absolute Gasteiger partial charge is 0.395 e. The maximum Gasteiger partial charge on any atom is 0.277 e. The standard InChI is InChI=1S/C14H16N2O3/c1-9-3-4-11(10(2)7-9)15-12-8-13(18)16(5-6-17)14(12)19/h3-4,7-8,15,17H,5-6H2,1-2H3. The molecule has 0 radical (unpaired) electrons. The minimum absolute atomic E-state index is 0.0201. The van der Waals surface area contributed by atoms with Gasteiger partial charge in [0, 0.05) is 11.8 Å². The molecule has 0 unspecified atom stereocenters. The number of nitrogens with one attached hydrogen (secondary N) is 1. The molecule has 0 atom stereocenters. The lowest BCUT2D eigenvalue weighted by Gasteiger charge is -2.14. The Morgan fingerprint density at radius 2 is 2.00 bits per heavy atom. The van der Waals surface area contributed by atoms with Crippen molar-refractivity contribution in [3.8, 4) is 0 Å². The van der Waals surface area contributed by atoms with E-state index in [4.69, 9.17) is 5.11 Å². The second-order valence-corrected chi connectivity index (χ2v) is 4.52. The van der Waals surface area contributed by atoms with Crippen LogP contribution in [0.1, 0.15) is 11.1 Å². The number of nitrogens with zero attached hydrogens (tertiary/aromatic N) is 1. The van der Waals surface area contributed by atoms with Crippen LogP contribution in [0.2, 0.25) is 0 Å². The van der Waals surface area contributed by atoms with Gasteiger partial charge in [-0.25, -0.2) is 0 Å². The molecule has 2 N–H and O–H groups in total. The van der Waals surface area contributed by atoms with E-state index in [1.807, 2.05) is 32.0 Å². The molecular formula is C14H16N2O3. The molecule has 0 aromatic heterocycles. The molecule has 1 aromatic carbocycles. The minimum Gasteiger partial charge on any atom is -0.395 e. The second kappa shape index (κ2) is 5.24. The molecule has 19 heavy (non-hydrogen) atoms. The van der Waals surface area contributed by atoms with Gasteiger partial charge >= 0.3 is 0 Å². The smallest absolute Gasteiger partial charge is 0.277 e. The van der Waals surface area contributed by atoms with Crippen molar-refractivity contribution in [1.82, 2.24) is 4.90 Å². The third kappa shape index (κ3) is 2.66. The first-order valence-electron chi connectivity index (χ1n) is 6.05. The van der Waals surface area contributed by atoms with Crippen molar-refractivity contribution in [2.45, 2.75) is 13.8 Å². The molecule has 100 valence electrons. The third-order valence-electron chi connectivity index (χ3n) is 2.98. The molecule has 1 heterocycles. The third-order valence-corrected chi connectivity index (χ3v) is 2.98. The number of hydrogen-bond donors (Lipinski definition) is 2. The van der Waals surface area contributed by atoms with Crippen LogP contribution in [0, 0.1) is 13.8 Å². The second-order valence-electron chi connectivity index (χ2n) is 4.52. The number of aliphatic hydroxyl groups excluding tert-OH is 1. The molecule has 2 amide bonds. The normalized spacial score (nSPS) is 14.9. The zero-order valence-electron chi connectivity index (χ0n) is 10.9. The predicted molar refractivity (Wildman–Crippen MR) is 71.4 cm³/mol. The van der Waals surface area contributed by atoms with E-state index in [0.717, 1.165) is 21.7 Å². The molecular weight excluding hydrogens is 244 g/mol. The van der Waals surface area contributed by atoms with Gasteiger partial charge in [-0.3, -0.25) is 14.5 Å². The maximum atomic E-state index is 12.0. The molecule has 0 bridgehead atoms. The zero-order valence-corrected chi connectivity index (χ0v) is 10.9. The number of benzene rings is 1. The summed E-state index contributed by atoms with van der Waals surface area (Å²) in [5, 5.41) is 11.8. The van der Waals surface area contributed by atoms with Crippen LogP contribution in [0.3, 0.4) is 0 Å². The van der Waals surface area contributed by atoms with Crippen LogP contribution in [-0.4, -0.2) is 35.0 Å². The molecule has 0 saturated heterocycles. The van der Waals surface area contributed by atoms with E-state index in [1.54, 1.807) is 0 Å². The Morgan fingerprint density at radius 1 is 1.26 bits per heavy atom. The number of carbonyl (C=O) groups is 2. The summed E-state index contributed by atoms with van der Waals surface area (Å²) in [6.07, 6.45) is 1.26. The van der Waals surface area contributed by atoms with Crippen LogP contribution in [0.15, 0.2) is 30.0 Å². The first kappa shape index (κ1) is 13.3. The van der Waals surface area contributed by atoms with Gasteiger partial charge in [-0.2, -0.15) is 0 Å². The number of aliphatic hydroxyl groups is 1. The molecule has 0 aliphatic carbocycles. The number of imide groups is 1. The van der Waals surface area contributed by atoms with Crippen LogP contribution >= 0.6 is 0 Å². The molecule has 1 aliphatic rings. The van der Waals surface area contributed by atoms with E-state index in [-0.39, 0.29) is 18.8 Å². The van der Waals surface area contributed by atoms with Gasteiger partial charge in [0.25, 0.3) is 11.8 Å². The number of hydrogen-bond acceptors (Lipinski definition) is 4. The average molecular weight is 260 g/mol. The van der Waals surface area contributed by atoms with E-state index in [2.05, 4.69) is 5.32 Å². The first-order chi connectivity index (χ1) is 9.02. The molecule has 1 aromatic rings. The van der Waals surface area contributed by atoms with Gasteiger partial charge < -0.3 is 10.4 Å². The van der Waals surface area contributed by atoms with Crippen molar-refractivity contribution in [2.75, 3.05) is 18.5 Å². The van der Waals surface area contributed by atoms with Crippen LogP contribution in [-0.2, 0) is 9.59 Å². The fourth-order valence-corrected chi connectivity index (χ4v) is 2.01. The van der Waals surface area contributed by atoms with Gasteiger partial charge in [0.1, 0.15) is 5.70 Å². The molecule has 2 rings (SSSR count). The Balaban J connectivity index is 2.18. The topological polar surface area (TPSA) is 69.6 Å². The van der Waals surface area contributed by atoms with Gasteiger partial charge in [-0.1, -0.05) is 17.7 Å². The highest BCUT2D eigenvalue weighted by Crippen LogP contribution is 2.21. The van der Waals surface area contributed by atoms with Gasteiger partial charge in [-0.15, -0.1) is 0 Å². The van der Waals surface area contributed by atoms with Crippen molar-refractivity contribution >= 4 is 17.5 Å². The Morgan fingerprint density at radius 3 is 2.63 bits per heavy atom. The van der Waals surface area contributed by atoms with Crippen molar-refractivity contribution in [2.24, 2.45) is 0 Å². The van der Waals surface area contributed by atoms with Gasteiger partial charge in [0.15, 0.2) is 0 Å². The minimum atomic E-state index is -0.404. The van der Waals surface area contributed by atoms with Crippen LogP contribution in [0.25, 0.3) is 0 Å². The number of aryl methyl sites for hydroxylation is 2. The Hall–Kier alpha value is -2.14. The lowest BCUT2D eigenvalue weighted by atomic mass is 10.1. The molecule has 0 fully saturated rings. The number of carbonyl (C=O) groups excluding carboxylic acids is 2. The summed E-state index contributed by atoms with van der Waals surface area (Å²) in [5.74, 6) is -0.801. The van der Waals surface area contributed by atoms with Crippen molar-refractivity contribution in [3.63, 3.8) is 0 Å². The fraction of sp³-hybridized carbons (Fsp3) is 0.286. The maximum absolute atomic E-state index is 12.0. The van der Waals surface area contributed by atoms with E-state index in [1.165, 1.54) is 6.08 Å². The van der Waals surface area contributed by atoms with Crippen molar-refractivity contribution < 1.29 is 14.7 Å². The van der Waals surface area contributed by atoms with Crippen LogP contribution in [0.5, 0.6) is 0 Å². The monoisotopic (exact) mass is 260 g/mol. The highest BCUT2D eigenvalue weighted by atomic mass is 16.3. The van der Waals surface area contributed by atoms with E-state index in [0.29, 0.717) is 0 Å². The Labute approximate surface area is 111 Å². The number of β-amino-alcohol motifs (C(OH)–C–C–N with tert-alkyl or cyclic N) is 1. The van der Waals surface area contributed by atoms with Gasteiger partial charge in [0.2, 0.25) is 0 Å². The lowest BCUT2D eigenvalue weighted by molar-refractivity contribution is -0.137. The highest BCUT2D eigenvalue weighted by molar-refractivity contribution is 6.17. The van der Waals surface area contributed by atoms with Crippen molar-refractivity contribution in [1.29, 1.82) is 0 Å². The summed E-state index contributed by atoms with van der Waals surface area (Å²) >= 11 is 0. The van der Waals surface area contributed by atoms with Crippen LogP contribution < -0.4 is 5.32 Å². The van der Waals surface area contributed by atoms with E-state index < -0.39 is 11.8 Å². The molecule has 5 heteroatoms. The predicted octanol–water partition coefficient (Wildman–Crippen LogP) is 0.960. The highest BCUT2D eigenvalue weighted by Gasteiger charge is 2.30. The number of anilines is 1. The van der Waals surface area contributed by atoms with E-state index in [9.17, 15) is 9.59 Å². The van der Waals surface area contributed by atoms with Gasteiger partial charge in [0.05, 0.1) is 13.2 Å². The number of rotatable bonds is 4. The molecule has 1 aliphatic heterocycles. The van der Waals surface area contributed by atoms with Gasteiger partial charge in [-0.05, 0) is 25.5 Å². The Bertz CT molecular complexity index is 564. The Kier molecular flexibility index (Phi) is 3.66. The van der Waals surface area contributed by atoms with Crippen LogP contribution in [0.4, 0.5) is 5.69 Å². The summed E-state index contributed by atoms with van der Waals surface area (Å²) in [6.45, 7) is 3.71.